The van der Waals surface area contributed by atoms with Crippen LogP contribution in [0.5, 0.6) is 0 Å². The van der Waals surface area contributed by atoms with Crippen LogP contribution in [0.1, 0.15) is 53.4 Å². The first-order valence-corrected chi connectivity index (χ1v) is 8.34. The maximum absolute atomic E-state index is 11.5. The summed E-state index contributed by atoms with van der Waals surface area (Å²) in [5, 5.41) is 0. The summed E-state index contributed by atoms with van der Waals surface area (Å²) < 4.78 is 11.2. The topological polar surface area (TPSA) is 35.5 Å². The van der Waals surface area contributed by atoms with Crippen LogP contribution >= 0.6 is 0 Å². The first kappa shape index (κ1) is 17.4. The Morgan fingerprint density at radius 2 is 1.89 bits per heavy atom. The zero-order valence-corrected chi connectivity index (χ0v) is 13.7. The monoisotopic (exact) mass is 272 g/mol. The SMILES string of the molecule is C=C(C)C(=O)OC(CCC)[SiH2]OCC(C)CCC. The van der Waals surface area contributed by atoms with E-state index in [-0.39, 0.29) is 11.7 Å². The van der Waals surface area contributed by atoms with Crippen LogP contribution in [0.4, 0.5) is 0 Å². The summed E-state index contributed by atoms with van der Waals surface area (Å²) in [6.45, 7) is 12.6. The average Bonchev–Trinajstić information content (AvgIpc) is 2.29. The Morgan fingerprint density at radius 3 is 2.39 bits per heavy atom. The Hall–Kier alpha value is -0.613. The molecule has 4 heteroatoms. The van der Waals surface area contributed by atoms with Gasteiger partial charge in [0.2, 0.25) is 9.76 Å². The zero-order chi connectivity index (χ0) is 14.0. The number of esters is 1. The smallest absolute Gasteiger partial charge is 0.333 e. The second kappa shape index (κ2) is 10.3. The van der Waals surface area contributed by atoms with Crippen molar-refractivity contribution >= 4 is 15.7 Å². The Bertz CT molecular complexity index is 253. The van der Waals surface area contributed by atoms with E-state index < -0.39 is 9.76 Å². The van der Waals surface area contributed by atoms with Crippen molar-refractivity contribution in [3.8, 4) is 0 Å². The van der Waals surface area contributed by atoms with Crippen molar-refractivity contribution in [1.29, 1.82) is 0 Å². The quantitative estimate of drug-likeness (QED) is 0.348. The van der Waals surface area contributed by atoms with Gasteiger partial charge in [-0.2, -0.15) is 0 Å². The Kier molecular flexibility index (Phi) is 9.97. The predicted molar refractivity (Wildman–Crippen MR) is 78.2 cm³/mol. The summed E-state index contributed by atoms with van der Waals surface area (Å²) in [4.78, 5) is 11.5. The third-order valence-electron chi connectivity index (χ3n) is 2.72. The molecule has 0 radical (unpaired) electrons. The van der Waals surface area contributed by atoms with Gasteiger partial charge in [-0.05, 0) is 25.7 Å². The van der Waals surface area contributed by atoms with E-state index in [2.05, 4.69) is 27.4 Å². The summed E-state index contributed by atoms with van der Waals surface area (Å²) in [7, 11) is -0.804. The number of carbonyl (C=O) groups is 1. The van der Waals surface area contributed by atoms with E-state index in [0.29, 0.717) is 11.5 Å². The highest BCUT2D eigenvalue weighted by Gasteiger charge is 2.15. The minimum absolute atomic E-state index is 0.00646. The molecular formula is C14H28O3Si. The van der Waals surface area contributed by atoms with Crippen LogP contribution in [0, 0.1) is 5.92 Å². The van der Waals surface area contributed by atoms with Crippen molar-refractivity contribution in [3.05, 3.63) is 12.2 Å². The molecule has 0 saturated heterocycles. The maximum atomic E-state index is 11.5. The first-order chi connectivity index (χ1) is 8.51. The van der Waals surface area contributed by atoms with Gasteiger partial charge >= 0.3 is 5.97 Å². The minimum Gasteiger partial charge on any atom is -0.461 e. The van der Waals surface area contributed by atoms with E-state index in [1.165, 1.54) is 12.8 Å². The molecule has 0 aliphatic carbocycles. The van der Waals surface area contributed by atoms with Crippen molar-refractivity contribution < 1.29 is 14.0 Å². The lowest BCUT2D eigenvalue weighted by Gasteiger charge is -2.18. The van der Waals surface area contributed by atoms with Gasteiger partial charge in [0.05, 0.1) is 0 Å². The molecule has 0 aromatic heterocycles. The molecule has 0 saturated carbocycles. The molecule has 0 aromatic rings. The van der Waals surface area contributed by atoms with Gasteiger partial charge in [-0.25, -0.2) is 4.79 Å². The zero-order valence-electron chi connectivity index (χ0n) is 12.3. The Morgan fingerprint density at radius 1 is 1.28 bits per heavy atom. The fraction of sp³-hybridized carbons (Fsp3) is 0.786. The molecule has 0 bridgehead atoms. The van der Waals surface area contributed by atoms with Gasteiger partial charge in [0.25, 0.3) is 0 Å². The highest BCUT2D eigenvalue weighted by molar-refractivity contribution is 6.29. The lowest BCUT2D eigenvalue weighted by atomic mass is 10.1. The summed E-state index contributed by atoms with van der Waals surface area (Å²) >= 11 is 0. The summed E-state index contributed by atoms with van der Waals surface area (Å²) in [5.74, 6) is 0.313. The second-order valence-electron chi connectivity index (χ2n) is 5.03. The van der Waals surface area contributed by atoms with E-state index >= 15 is 0 Å². The molecule has 0 aliphatic heterocycles. The van der Waals surface area contributed by atoms with E-state index in [4.69, 9.17) is 9.16 Å². The Labute approximate surface area is 114 Å². The van der Waals surface area contributed by atoms with Crippen LogP contribution in [0.25, 0.3) is 0 Å². The van der Waals surface area contributed by atoms with Crippen molar-refractivity contribution in [2.24, 2.45) is 5.92 Å². The predicted octanol–water partition coefficient (Wildman–Crippen LogP) is 2.77. The summed E-state index contributed by atoms with van der Waals surface area (Å²) in [6, 6.07) is 0. The van der Waals surface area contributed by atoms with Gasteiger partial charge in [0.1, 0.15) is 5.73 Å². The second-order valence-corrected chi connectivity index (χ2v) is 6.68. The number of rotatable bonds is 10. The van der Waals surface area contributed by atoms with Gasteiger partial charge in [-0.15, -0.1) is 0 Å². The molecule has 0 N–H and O–H groups in total. The van der Waals surface area contributed by atoms with E-state index in [9.17, 15) is 4.79 Å². The highest BCUT2D eigenvalue weighted by Crippen LogP contribution is 2.08. The normalized spacial score (nSPS) is 14.7. The molecule has 0 heterocycles. The van der Waals surface area contributed by atoms with Gasteiger partial charge in [0.15, 0.2) is 0 Å². The largest absolute Gasteiger partial charge is 0.461 e. The van der Waals surface area contributed by atoms with E-state index in [1.54, 1.807) is 6.92 Å². The minimum atomic E-state index is -0.804. The molecule has 0 rings (SSSR count). The Balaban J connectivity index is 3.96. The maximum Gasteiger partial charge on any atom is 0.333 e. The highest BCUT2D eigenvalue weighted by atomic mass is 28.2. The molecule has 106 valence electrons. The molecular weight excluding hydrogens is 244 g/mol. The fourth-order valence-electron chi connectivity index (χ4n) is 1.73. The third-order valence-corrected chi connectivity index (χ3v) is 4.14. The van der Waals surface area contributed by atoms with Crippen molar-refractivity contribution in [1.82, 2.24) is 0 Å². The number of hydrogen-bond acceptors (Lipinski definition) is 3. The van der Waals surface area contributed by atoms with Crippen LogP contribution in [0.15, 0.2) is 12.2 Å². The summed E-state index contributed by atoms with van der Waals surface area (Å²) in [5.41, 5.74) is 0.456. The molecule has 0 spiro atoms. The van der Waals surface area contributed by atoms with Crippen molar-refractivity contribution in [2.45, 2.75) is 59.1 Å². The third kappa shape index (κ3) is 8.47. The van der Waals surface area contributed by atoms with Crippen molar-refractivity contribution in [2.75, 3.05) is 6.61 Å². The molecule has 2 atom stereocenters. The molecule has 18 heavy (non-hydrogen) atoms. The van der Waals surface area contributed by atoms with Gasteiger partial charge < -0.3 is 9.16 Å². The number of carbonyl (C=O) groups excluding carboxylic acids is 1. The molecule has 3 nitrogen and oxygen atoms in total. The number of ether oxygens (including phenoxy) is 1. The first-order valence-electron chi connectivity index (χ1n) is 6.95. The lowest BCUT2D eigenvalue weighted by Crippen LogP contribution is -2.28. The molecule has 0 aromatic carbocycles. The standard InChI is InChI=1S/C14H28O3Si/c1-6-8-12(5)10-16-18-13(9-7-2)17-14(15)11(3)4/h12-13H,3,6-10,18H2,1-2,4-5H3. The molecule has 0 fully saturated rings. The van der Waals surface area contributed by atoms with Gasteiger partial charge in [-0.3, -0.25) is 0 Å². The van der Waals surface area contributed by atoms with Gasteiger partial charge in [-0.1, -0.05) is 40.2 Å². The fourth-order valence-corrected chi connectivity index (χ4v) is 3.32. The van der Waals surface area contributed by atoms with Crippen LogP contribution in [0.2, 0.25) is 0 Å². The molecule has 0 amide bonds. The van der Waals surface area contributed by atoms with Crippen molar-refractivity contribution in [3.63, 3.8) is 0 Å². The van der Waals surface area contributed by atoms with Gasteiger partial charge in [0, 0.05) is 12.2 Å². The number of hydrogen-bond donors (Lipinski definition) is 0. The summed E-state index contributed by atoms with van der Waals surface area (Å²) in [6.07, 6.45) is 4.29. The molecule has 0 aliphatic rings. The van der Waals surface area contributed by atoms with Crippen LogP contribution < -0.4 is 0 Å². The van der Waals surface area contributed by atoms with E-state index in [0.717, 1.165) is 19.4 Å². The van der Waals surface area contributed by atoms with Crippen LogP contribution in [-0.4, -0.2) is 28.1 Å². The van der Waals surface area contributed by atoms with Crippen LogP contribution in [-0.2, 0) is 14.0 Å². The lowest BCUT2D eigenvalue weighted by molar-refractivity contribution is -0.141. The average molecular weight is 272 g/mol. The molecule has 2 unspecified atom stereocenters. The van der Waals surface area contributed by atoms with Crippen LogP contribution in [0.3, 0.4) is 0 Å². The van der Waals surface area contributed by atoms with E-state index in [1.807, 2.05) is 0 Å².